The van der Waals surface area contributed by atoms with Gasteiger partial charge in [0, 0.05) is 25.5 Å². The van der Waals surface area contributed by atoms with E-state index in [1.165, 1.54) is 23.1 Å². The molecule has 3 aromatic rings. The number of amides is 1. The summed E-state index contributed by atoms with van der Waals surface area (Å²) in [7, 11) is 3.44. The first-order valence-corrected chi connectivity index (χ1v) is 10.2. The maximum Gasteiger partial charge on any atom is 0.263 e. The van der Waals surface area contributed by atoms with Gasteiger partial charge in [-0.05, 0) is 18.6 Å². The molecule has 2 heterocycles. The second kappa shape index (κ2) is 8.10. The first-order valence-electron chi connectivity index (χ1n) is 8.51. The highest BCUT2D eigenvalue weighted by molar-refractivity contribution is 8.00. The minimum absolute atomic E-state index is 0.0179. The average Bonchev–Trinajstić information content (AvgIpc) is 3.09. The number of thiophene rings is 1. The van der Waals surface area contributed by atoms with Crippen LogP contribution in [0.1, 0.15) is 6.92 Å². The molecule has 0 radical (unpaired) electrons. The highest BCUT2D eigenvalue weighted by Crippen LogP contribution is 2.32. The van der Waals surface area contributed by atoms with E-state index in [0.29, 0.717) is 21.9 Å². The molecule has 27 heavy (non-hydrogen) atoms. The summed E-state index contributed by atoms with van der Waals surface area (Å²) in [5, 5.41) is 0.794. The molecule has 0 aliphatic rings. The lowest BCUT2D eigenvalue weighted by Gasteiger charge is -2.17. The molecule has 0 bridgehead atoms. The van der Waals surface area contributed by atoms with E-state index in [1.807, 2.05) is 43.3 Å². The van der Waals surface area contributed by atoms with Crippen LogP contribution in [0.25, 0.3) is 20.7 Å². The molecule has 0 aliphatic heterocycles. The van der Waals surface area contributed by atoms with Crippen LogP contribution in [-0.2, 0) is 11.3 Å². The molecule has 0 N–H and O–H groups in total. The zero-order valence-corrected chi connectivity index (χ0v) is 17.1. The second-order valence-electron chi connectivity index (χ2n) is 6.29. The molecular weight excluding hydrogens is 378 g/mol. The lowest BCUT2D eigenvalue weighted by Crippen LogP contribution is -2.31. The van der Waals surface area contributed by atoms with E-state index in [1.54, 1.807) is 29.6 Å². The monoisotopic (exact) mass is 399 g/mol. The summed E-state index contributed by atoms with van der Waals surface area (Å²) in [6.45, 7) is 5.92. The van der Waals surface area contributed by atoms with E-state index in [0.717, 1.165) is 10.4 Å². The average molecular weight is 400 g/mol. The smallest absolute Gasteiger partial charge is 0.263 e. The number of nitrogens with zero attached hydrogens (tertiary/aromatic N) is 3. The van der Waals surface area contributed by atoms with Crippen LogP contribution in [0.3, 0.4) is 0 Å². The molecule has 2 aromatic heterocycles. The summed E-state index contributed by atoms with van der Waals surface area (Å²) in [4.78, 5) is 33.2. The van der Waals surface area contributed by atoms with Crippen LogP contribution in [0.4, 0.5) is 0 Å². The third-order valence-corrected chi connectivity index (χ3v) is 6.21. The van der Waals surface area contributed by atoms with Gasteiger partial charge in [-0.15, -0.1) is 17.9 Å². The van der Waals surface area contributed by atoms with Crippen LogP contribution in [0.15, 0.2) is 59.0 Å². The van der Waals surface area contributed by atoms with Crippen molar-refractivity contribution in [3.8, 4) is 10.4 Å². The predicted octanol–water partition coefficient (Wildman–Crippen LogP) is 3.88. The summed E-state index contributed by atoms with van der Waals surface area (Å²) < 4.78 is 1.58. The molecule has 0 aliphatic carbocycles. The van der Waals surface area contributed by atoms with E-state index in [4.69, 9.17) is 4.98 Å². The highest BCUT2D eigenvalue weighted by Gasteiger charge is 2.21. The maximum atomic E-state index is 13.0. The molecular formula is C20H21N3O2S2. The fourth-order valence-corrected chi connectivity index (χ4v) is 4.84. The Morgan fingerprint density at radius 3 is 2.70 bits per heavy atom. The molecule has 0 fully saturated rings. The highest BCUT2D eigenvalue weighted by atomic mass is 32.2. The van der Waals surface area contributed by atoms with E-state index in [2.05, 4.69) is 6.58 Å². The molecule has 5 nitrogen and oxygen atoms in total. The minimum atomic E-state index is -0.339. The molecule has 3 rings (SSSR count). The Labute approximate surface area is 166 Å². The van der Waals surface area contributed by atoms with Crippen LogP contribution in [-0.4, -0.2) is 39.7 Å². The van der Waals surface area contributed by atoms with Gasteiger partial charge >= 0.3 is 0 Å². The van der Waals surface area contributed by atoms with Crippen LogP contribution in [0.5, 0.6) is 0 Å². The van der Waals surface area contributed by atoms with E-state index < -0.39 is 0 Å². The Balaban J connectivity index is 2.10. The van der Waals surface area contributed by atoms with Gasteiger partial charge in [-0.2, -0.15) is 0 Å². The Hall–Kier alpha value is -2.38. The number of hydrogen-bond donors (Lipinski definition) is 0. The van der Waals surface area contributed by atoms with Gasteiger partial charge in [0.05, 0.1) is 10.6 Å². The van der Waals surface area contributed by atoms with Crippen molar-refractivity contribution in [1.82, 2.24) is 14.5 Å². The zero-order chi connectivity index (χ0) is 19.6. The maximum absolute atomic E-state index is 13.0. The normalized spacial score (nSPS) is 12.1. The Kier molecular flexibility index (Phi) is 5.82. The van der Waals surface area contributed by atoms with Crippen molar-refractivity contribution in [2.45, 2.75) is 23.9 Å². The predicted molar refractivity (Wildman–Crippen MR) is 114 cm³/mol. The topological polar surface area (TPSA) is 55.2 Å². The number of carbonyl (C=O) groups is 1. The van der Waals surface area contributed by atoms with Crippen molar-refractivity contribution in [2.24, 2.45) is 0 Å². The third-order valence-electron chi connectivity index (χ3n) is 4.06. The van der Waals surface area contributed by atoms with E-state index in [-0.39, 0.29) is 16.7 Å². The standard InChI is InChI=1S/C20H21N3O2S2/c1-5-11-23-19(25)15-12-16(14-9-7-6-8-10-14)27-17(15)21-20(23)26-13(2)18(24)22(3)4/h5-10,12-13H,1,11H2,2-4H3/t13-/m0/s1. The van der Waals surface area contributed by atoms with Gasteiger partial charge in [0.25, 0.3) is 5.56 Å². The van der Waals surface area contributed by atoms with Gasteiger partial charge in [0.15, 0.2) is 5.16 Å². The van der Waals surface area contributed by atoms with Gasteiger partial charge in [0.1, 0.15) is 4.83 Å². The van der Waals surface area contributed by atoms with Crippen LogP contribution in [0, 0.1) is 0 Å². The quantitative estimate of drug-likeness (QED) is 0.359. The van der Waals surface area contributed by atoms with Crippen molar-refractivity contribution in [3.05, 3.63) is 59.4 Å². The number of benzene rings is 1. The van der Waals surface area contributed by atoms with Crippen molar-refractivity contribution in [1.29, 1.82) is 0 Å². The van der Waals surface area contributed by atoms with Gasteiger partial charge in [-0.1, -0.05) is 48.2 Å². The van der Waals surface area contributed by atoms with Gasteiger partial charge in [0.2, 0.25) is 5.91 Å². The molecule has 7 heteroatoms. The number of carbonyl (C=O) groups excluding carboxylic acids is 1. The minimum Gasteiger partial charge on any atom is -0.348 e. The zero-order valence-electron chi connectivity index (χ0n) is 15.5. The van der Waals surface area contributed by atoms with Crippen molar-refractivity contribution < 1.29 is 4.79 Å². The number of thioether (sulfide) groups is 1. The molecule has 140 valence electrons. The lowest BCUT2D eigenvalue weighted by molar-refractivity contribution is -0.127. The number of allylic oxidation sites excluding steroid dienone is 1. The van der Waals surface area contributed by atoms with Gasteiger partial charge < -0.3 is 4.90 Å². The van der Waals surface area contributed by atoms with E-state index in [9.17, 15) is 9.59 Å². The number of fused-ring (bicyclic) bond motifs is 1. The molecule has 0 spiro atoms. The molecule has 0 saturated carbocycles. The Bertz CT molecular complexity index is 1040. The number of rotatable bonds is 6. The SMILES string of the molecule is C=CCn1c(S[C@@H](C)C(=O)N(C)C)nc2sc(-c3ccccc3)cc2c1=O. The first kappa shape index (κ1) is 19.4. The van der Waals surface area contributed by atoms with Crippen molar-refractivity contribution in [3.63, 3.8) is 0 Å². The van der Waals surface area contributed by atoms with Crippen LogP contribution in [0.2, 0.25) is 0 Å². The number of aromatic nitrogens is 2. The summed E-state index contributed by atoms with van der Waals surface area (Å²) in [5.41, 5.74) is 0.950. The molecule has 0 unspecified atom stereocenters. The lowest BCUT2D eigenvalue weighted by atomic mass is 10.2. The summed E-state index contributed by atoms with van der Waals surface area (Å²) in [6, 6.07) is 11.8. The van der Waals surface area contributed by atoms with Crippen molar-refractivity contribution in [2.75, 3.05) is 14.1 Å². The van der Waals surface area contributed by atoms with Crippen LogP contribution < -0.4 is 5.56 Å². The molecule has 1 amide bonds. The fraction of sp³-hybridized carbons (Fsp3) is 0.250. The third kappa shape index (κ3) is 3.99. The second-order valence-corrected chi connectivity index (χ2v) is 8.63. The summed E-state index contributed by atoms with van der Waals surface area (Å²) in [6.07, 6.45) is 1.67. The molecule has 0 saturated heterocycles. The Morgan fingerprint density at radius 1 is 1.37 bits per heavy atom. The van der Waals surface area contributed by atoms with E-state index >= 15 is 0 Å². The van der Waals surface area contributed by atoms with Crippen molar-refractivity contribution >= 4 is 39.2 Å². The molecule has 1 aromatic carbocycles. The summed E-state index contributed by atoms with van der Waals surface area (Å²) >= 11 is 2.79. The fourth-order valence-electron chi connectivity index (χ4n) is 2.69. The molecule has 1 atom stereocenters. The van der Waals surface area contributed by atoms with Gasteiger partial charge in [-0.25, -0.2) is 4.98 Å². The summed E-state index contributed by atoms with van der Waals surface area (Å²) in [5.74, 6) is -0.0179. The Morgan fingerprint density at radius 2 is 2.07 bits per heavy atom. The first-order chi connectivity index (χ1) is 12.9. The van der Waals surface area contributed by atoms with Gasteiger partial charge in [-0.3, -0.25) is 14.2 Å². The number of hydrogen-bond acceptors (Lipinski definition) is 5. The van der Waals surface area contributed by atoms with Crippen LogP contribution >= 0.6 is 23.1 Å². The largest absolute Gasteiger partial charge is 0.348 e.